The lowest BCUT2D eigenvalue weighted by atomic mass is 10.1. The Morgan fingerprint density at radius 3 is 2.15 bits per heavy atom. The quantitative estimate of drug-likeness (QED) is 0.631. The number of carbonyl (C=O) groups excluding carboxylic acids is 2. The Morgan fingerprint density at radius 2 is 1.48 bits per heavy atom. The van der Waals surface area contributed by atoms with Crippen LogP contribution in [0.25, 0.3) is 6.08 Å². The Balaban J connectivity index is 1.86. The van der Waals surface area contributed by atoms with Gasteiger partial charge in [0.05, 0.1) is 0 Å². The molecule has 5 heteroatoms. The van der Waals surface area contributed by atoms with Crippen LogP contribution in [-0.4, -0.2) is 11.8 Å². The fraction of sp³-hybridized carbons (Fsp3) is 0. The second kappa shape index (κ2) is 8.83. The summed E-state index contributed by atoms with van der Waals surface area (Å²) in [7, 11) is 0. The highest BCUT2D eigenvalue weighted by Gasteiger charge is 2.15. The molecule has 4 nitrogen and oxygen atoms in total. The maximum atomic E-state index is 12.7. The minimum atomic E-state index is -0.416. The summed E-state index contributed by atoms with van der Waals surface area (Å²) >= 11 is 5.95. The van der Waals surface area contributed by atoms with Crippen LogP contribution < -0.4 is 10.6 Å². The van der Waals surface area contributed by atoms with Gasteiger partial charge in [0.2, 0.25) is 0 Å². The van der Waals surface area contributed by atoms with E-state index >= 15 is 0 Å². The lowest BCUT2D eigenvalue weighted by molar-refractivity contribution is -0.113. The van der Waals surface area contributed by atoms with Crippen LogP contribution >= 0.6 is 11.6 Å². The van der Waals surface area contributed by atoms with Gasteiger partial charge in [-0.15, -0.1) is 0 Å². The zero-order chi connectivity index (χ0) is 19.1. The van der Waals surface area contributed by atoms with Gasteiger partial charge in [0.1, 0.15) is 5.70 Å². The molecule has 0 saturated carbocycles. The van der Waals surface area contributed by atoms with E-state index in [1.54, 1.807) is 42.5 Å². The van der Waals surface area contributed by atoms with E-state index in [2.05, 4.69) is 10.6 Å². The molecule has 134 valence electrons. The monoisotopic (exact) mass is 376 g/mol. The second-order valence-electron chi connectivity index (χ2n) is 5.75. The van der Waals surface area contributed by atoms with Crippen LogP contribution in [0.4, 0.5) is 5.69 Å². The fourth-order valence-corrected chi connectivity index (χ4v) is 2.61. The molecule has 0 aliphatic heterocycles. The summed E-state index contributed by atoms with van der Waals surface area (Å²) in [4.78, 5) is 25.3. The standard InChI is InChI=1S/C22H17ClN2O2/c23-18-11-7-10-17(15-18)21(26)25-20(14-16-8-3-1-4-9-16)22(27)24-19-12-5-2-6-13-19/h1-15H,(H,24,27)(H,25,26)/b20-14-. The van der Waals surface area contributed by atoms with E-state index in [4.69, 9.17) is 11.6 Å². The van der Waals surface area contributed by atoms with Gasteiger partial charge >= 0.3 is 0 Å². The predicted molar refractivity (Wildman–Crippen MR) is 108 cm³/mol. The van der Waals surface area contributed by atoms with Crippen LogP contribution in [0.2, 0.25) is 5.02 Å². The lowest BCUT2D eigenvalue weighted by Gasteiger charge is -2.11. The fourth-order valence-electron chi connectivity index (χ4n) is 2.42. The Morgan fingerprint density at radius 1 is 0.815 bits per heavy atom. The minimum Gasteiger partial charge on any atom is -0.321 e. The van der Waals surface area contributed by atoms with Crippen molar-refractivity contribution in [3.05, 3.63) is 107 Å². The third kappa shape index (κ3) is 5.30. The summed E-state index contributed by atoms with van der Waals surface area (Å²) in [5.74, 6) is -0.830. The number of amides is 2. The number of anilines is 1. The molecule has 0 fully saturated rings. The Hall–Kier alpha value is -3.37. The third-order valence-electron chi connectivity index (χ3n) is 3.72. The SMILES string of the molecule is O=C(Nc1ccccc1)/C(=C/c1ccccc1)NC(=O)c1cccc(Cl)c1. The van der Waals surface area contributed by atoms with Crippen LogP contribution in [0.5, 0.6) is 0 Å². The molecule has 3 rings (SSSR count). The van der Waals surface area contributed by atoms with Crippen molar-refractivity contribution in [2.75, 3.05) is 5.32 Å². The van der Waals surface area contributed by atoms with Crippen molar-refractivity contribution in [1.82, 2.24) is 5.32 Å². The van der Waals surface area contributed by atoms with Gasteiger partial charge in [-0.3, -0.25) is 9.59 Å². The van der Waals surface area contributed by atoms with Crippen molar-refractivity contribution < 1.29 is 9.59 Å². The average molecular weight is 377 g/mol. The van der Waals surface area contributed by atoms with Gasteiger partial charge < -0.3 is 10.6 Å². The van der Waals surface area contributed by atoms with Gasteiger partial charge in [-0.25, -0.2) is 0 Å². The lowest BCUT2D eigenvalue weighted by Crippen LogP contribution is -2.30. The predicted octanol–water partition coefficient (Wildman–Crippen LogP) is 4.75. The summed E-state index contributed by atoms with van der Waals surface area (Å²) in [5, 5.41) is 5.91. The maximum Gasteiger partial charge on any atom is 0.272 e. The number of halogens is 1. The summed E-state index contributed by atoms with van der Waals surface area (Å²) < 4.78 is 0. The smallest absolute Gasteiger partial charge is 0.272 e. The number of benzene rings is 3. The Labute approximate surface area is 162 Å². The molecular formula is C22H17ClN2O2. The highest BCUT2D eigenvalue weighted by molar-refractivity contribution is 6.31. The van der Waals surface area contributed by atoms with E-state index in [0.717, 1.165) is 5.56 Å². The largest absolute Gasteiger partial charge is 0.321 e. The molecule has 0 aromatic heterocycles. The molecule has 0 aliphatic carbocycles. The highest BCUT2D eigenvalue weighted by atomic mass is 35.5. The van der Waals surface area contributed by atoms with Gasteiger partial charge in [0, 0.05) is 16.3 Å². The van der Waals surface area contributed by atoms with E-state index in [9.17, 15) is 9.59 Å². The highest BCUT2D eigenvalue weighted by Crippen LogP contribution is 2.13. The number of para-hydroxylation sites is 1. The molecule has 27 heavy (non-hydrogen) atoms. The molecule has 0 radical (unpaired) electrons. The van der Waals surface area contributed by atoms with Crippen LogP contribution in [0, 0.1) is 0 Å². The van der Waals surface area contributed by atoms with E-state index in [1.807, 2.05) is 48.5 Å². The van der Waals surface area contributed by atoms with Crippen molar-refractivity contribution in [3.8, 4) is 0 Å². The number of rotatable bonds is 5. The molecule has 0 atom stereocenters. The molecule has 3 aromatic carbocycles. The Kier molecular flexibility index (Phi) is 6.02. The zero-order valence-corrected chi connectivity index (χ0v) is 15.1. The summed E-state index contributed by atoms with van der Waals surface area (Å²) in [5.41, 5.74) is 1.93. The first-order valence-corrected chi connectivity index (χ1v) is 8.70. The van der Waals surface area contributed by atoms with Crippen molar-refractivity contribution >= 4 is 35.2 Å². The average Bonchev–Trinajstić information content (AvgIpc) is 2.69. The molecule has 2 amide bonds. The van der Waals surface area contributed by atoms with Gasteiger partial charge in [-0.2, -0.15) is 0 Å². The third-order valence-corrected chi connectivity index (χ3v) is 3.96. The molecular weight excluding hydrogens is 360 g/mol. The molecule has 0 spiro atoms. The van der Waals surface area contributed by atoms with Crippen LogP contribution in [0.3, 0.4) is 0 Å². The zero-order valence-electron chi connectivity index (χ0n) is 14.4. The number of hydrogen-bond donors (Lipinski definition) is 2. The van der Waals surface area contributed by atoms with Gasteiger partial charge in [-0.1, -0.05) is 66.2 Å². The first kappa shape index (κ1) is 18.4. The van der Waals surface area contributed by atoms with E-state index < -0.39 is 11.8 Å². The van der Waals surface area contributed by atoms with Crippen molar-refractivity contribution in [2.45, 2.75) is 0 Å². The van der Waals surface area contributed by atoms with Crippen LogP contribution in [-0.2, 0) is 4.79 Å². The normalized spacial score (nSPS) is 10.9. The molecule has 2 N–H and O–H groups in total. The summed E-state index contributed by atoms with van der Waals surface area (Å²) in [6.07, 6.45) is 1.63. The first-order chi connectivity index (χ1) is 13.1. The van der Waals surface area contributed by atoms with E-state index in [-0.39, 0.29) is 5.70 Å². The van der Waals surface area contributed by atoms with Gasteiger partial charge in [0.15, 0.2) is 0 Å². The number of nitrogens with one attached hydrogen (secondary N) is 2. The van der Waals surface area contributed by atoms with Crippen molar-refractivity contribution in [1.29, 1.82) is 0 Å². The molecule has 3 aromatic rings. The van der Waals surface area contributed by atoms with Crippen molar-refractivity contribution in [3.63, 3.8) is 0 Å². The maximum absolute atomic E-state index is 12.7. The minimum absolute atomic E-state index is 0.134. The first-order valence-electron chi connectivity index (χ1n) is 8.32. The molecule has 0 bridgehead atoms. The number of hydrogen-bond acceptors (Lipinski definition) is 2. The summed E-state index contributed by atoms with van der Waals surface area (Å²) in [6.45, 7) is 0. The summed E-state index contributed by atoms with van der Waals surface area (Å²) in [6, 6.07) is 24.9. The molecule has 0 aliphatic rings. The topological polar surface area (TPSA) is 58.2 Å². The van der Waals surface area contributed by atoms with E-state index in [0.29, 0.717) is 16.3 Å². The second-order valence-corrected chi connectivity index (χ2v) is 6.19. The van der Waals surface area contributed by atoms with Crippen LogP contribution in [0.15, 0.2) is 90.6 Å². The number of carbonyl (C=O) groups is 2. The Bertz CT molecular complexity index is 970. The molecule has 0 heterocycles. The van der Waals surface area contributed by atoms with E-state index in [1.165, 1.54) is 0 Å². The van der Waals surface area contributed by atoms with Crippen LogP contribution in [0.1, 0.15) is 15.9 Å². The molecule has 0 unspecified atom stereocenters. The van der Waals surface area contributed by atoms with Crippen molar-refractivity contribution in [2.24, 2.45) is 0 Å². The van der Waals surface area contributed by atoms with Gasteiger partial charge in [-0.05, 0) is 42.0 Å². The van der Waals surface area contributed by atoms with Gasteiger partial charge in [0.25, 0.3) is 11.8 Å². The molecule has 0 saturated heterocycles.